The number of benzene rings is 3. The largest absolute Gasteiger partial charge is 0.268 e. The van der Waals surface area contributed by atoms with Gasteiger partial charge in [-0.3, -0.25) is 4.79 Å². The lowest BCUT2D eigenvalue weighted by Crippen LogP contribution is -2.35. The van der Waals surface area contributed by atoms with Crippen molar-refractivity contribution in [2.24, 2.45) is 0 Å². The van der Waals surface area contributed by atoms with Crippen LogP contribution in [0.3, 0.4) is 0 Å². The summed E-state index contributed by atoms with van der Waals surface area (Å²) in [5.74, 6) is -0.491. The van der Waals surface area contributed by atoms with Crippen LogP contribution in [0.25, 0.3) is 0 Å². The minimum atomic E-state index is -3.99. The van der Waals surface area contributed by atoms with Gasteiger partial charge in [-0.1, -0.05) is 66.2 Å². The second-order valence-corrected chi connectivity index (χ2v) is 8.13. The van der Waals surface area contributed by atoms with Crippen LogP contribution < -0.4 is 0 Å². The van der Waals surface area contributed by atoms with Crippen LogP contribution in [-0.2, 0) is 10.0 Å². The van der Waals surface area contributed by atoms with Gasteiger partial charge >= 0.3 is 0 Å². The third-order valence-electron chi connectivity index (χ3n) is 4.61. The van der Waals surface area contributed by atoms with Crippen molar-refractivity contribution in [1.82, 2.24) is 4.31 Å². The maximum absolute atomic E-state index is 13.3. The van der Waals surface area contributed by atoms with Gasteiger partial charge in [0.1, 0.15) is 0 Å². The van der Waals surface area contributed by atoms with Crippen molar-refractivity contribution in [3.63, 3.8) is 0 Å². The number of hydrogen-bond donors (Lipinski definition) is 0. The van der Waals surface area contributed by atoms with Gasteiger partial charge < -0.3 is 0 Å². The second kappa shape index (κ2) is 6.11. The smallest absolute Gasteiger partial charge is 0.268 e. The number of amides is 1. The maximum atomic E-state index is 13.3. The third kappa shape index (κ3) is 2.52. The maximum Gasteiger partial charge on any atom is 0.268 e. The lowest BCUT2D eigenvalue weighted by Gasteiger charge is -2.25. The van der Waals surface area contributed by atoms with E-state index in [-0.39, 0.29) is 4.90 Å². The van der Waals surface area contributed by atoms with Gasteiger partial charge in [0.2, 0.25) is 0 Å². The lowest BCUT2D eigenvalue weighted by molar-refractivity contribution is 0.0865. The van der Waals surface area contributed by atoms with Gasteiger partial charge in [-0.05, 0) is 36.2 Å². The summed E-state index contributed by atoms with van der Waals surface area (Å²) in [6.45, 7) is 1.89. The predicted octanol–water partition coefficient (Wildman–Crippen LogP) is 3.93. The first-order valence-electron chi connectivity index (χ1n) is 8.29. The van der Waals surface area contributed by atoms with E-state index in [0.29, 0.717) is 11.1 Å². The predicted molar refractivity (Wildman–Crippen MR) is 99.3 cm³/mol. The summed E-state index contributed by atoms with van der Waals surface area (Å²) in [7, 11) is -3.99. The van der Waals surface area contributed by atoms with E-state index in [1.54, 1.807) is 36.4 Å². The van der Waals surface area contributed by atoms with Gasteiger partial charge in [-0.25, -0.2) is 12.7 Å². The Morgan fingerprint density at radius 2 is 1.42 bits per heavy atom. The molecule has 3 aromatic carbocycles. The highest BCUT2D eigenvalue weighted by Crippen LogP contribution is 2.41. The molecule has 0 aromatic heterocycles. The van der Waals surface area contributed by atoms with E-state index in [0.717, 1.165) is 15.4 Å². The zero-order valence-corrected chi connectivity index (χ0v) is 15.0. The molecule has 0 bridgehead atoms. The zero-order valence-electron chi connectivity index (χ0n) is 14.2. The molecule has 1 aliphatic rings. The number of hydrogen-bond acceptors (Lipinski definition) is 3. The molecule has 1 heterocycles. The molecule has 26 heavy (non-hydrogen) atoms. The van der Waals surface area contributed by atoms with E-state index in [2.05, 4.69) is 0 Å². The van der Waals surface area contributed by atoms with Crippen molar-refractivity contribution in [3.8, 4) is 0 Å². The van der Waals surface area contributed by atoms with E-state index in [1.165, 1.54) is 0 Å². The molecule has 0 saturated heterocycles. The molecule has 4 nitrogen and oxygen atoms in total. The van der Waals surface area contributed by atoms with Gasteiger partial charge in [0.25, 0.3) is 15.9 Å². The summed E-state index contributed by atoms with van der Waals surface area (Å²) in [4.78, 5) is 13.1. The Labute approximate surface area is 152 Å². The Hall–Kier alpha value is -2.92. The third-order valence-corrected chi connectivity index (χ3v) is 6.38. The summed E-state index contributed by atoms with van der Waals surface area (Å²) < 4.78 is 27.6. The van der Waals surface area contributed by atoms with E-state index >= 15 is 0 Å². The molecule has 130 valence electrons. The fourth-order valence-corrected chi connectivity index (χ4v) is 4.85. The monoisotopic (exact) mass is 363 g/mol. The van der Waals surface area contributed by atoms with Gasteiger partial charge in [-0.2, -0.15) is 0 Å². The number of nitrogens with zero attached hydrogens (tertiary/aromatic N) is 1. The second-order valence-electron chi connectivity index (χ2n) is 6.32. The van der Waals surface area contributed by atoms with Crippen LogP contribution in [0.1, 0.15) is 33.1 Å². The molecule has 0 saturated carbocycles. The molecule has 3 aromatic rings. The van der Waals surface area contributed by atoms with Crippen LogP contribution in [-0.4, -0.2) is 18.6 Å². The van der Waals surface area contributed by atoms with Crippen LogP contribution in [0.4, 0.5) is 0 Å². The topological polar surface area (TPSA) is 54.5 Å². The Morgan fingerprint density at radius 1 is 0.808 bits per heavy atom. The highest BCUT2D eigenvalue weighted by molar-refractivity contribution is 7.89. The average Bonchev–Trinajstić information content (AvgIpc) is 2.96. The van der Waals surface area contributed by atoms with Gasteiger partial charge in [-0.15, -0.1) is 0 Å². The molecule has 0 unspecified atom stereocenters. The molecule has 1 amide bonds. The van der Waals surface area contributed by atoms with E-state index in [4.69, 9.17) is 0 Å². The molecule has 0 radical (unpaired) electrons. The molecular weight excluding hydrogens is 346 g/mol. The molecule has 1 aliphatic heterocycles. The molecule has 5 heteroatoms. The van der Waals surface area contributed by atoms with Gasteiger partial charge in [0, 0.05) is 5.56 Å². The fraction of sp³-hybridized carbons (Fsp3) is 0.0952. The van der Waals surface area contributed by atoms with E-state index in [1.807, 2.05) is 49.4 Å². The van der Waals surface area contributed by atoms with Crippen LogP contribution >= 0.6 is 0 Å². The number of fused-ring (bicyclic) bond motifs is 1. The highest BCUT2D eigenvalue weighted by atomic mass is 32.2. The molecular formula is C21H17NO3S. The first kappa shape index (κ1) is 16.5. The summed E-state index contributed by atoms with van der Waals surface area (Å²) in [5.41, 5.74) is 2.86. The van der Waals surface area contributed by atoms with E-state index in [9.17, 15) is 13.2 Å². The zero-order chi connectivity index (χ0) is 18.3. The Bertz CT molecular complexity index is 1070. The molecule has 0 spiro atoms. The van der Waals surface area contributed by atoms with Gasteiger partial charge in [0.15, 0.2) is 0 Å². The van der Waals surface area contributed by atoms with Crippen LogP contribution in [0, 0.1) is 6.92 Å². The first-order chi connectivity index (χ1) is 12.5. The number of carbonyl (C=O) groups excluding carboxylic acids is 1. The summed E-state index contributed by atoms with van der Waals surface area (Å²) in [6.07, 6.45) is 0. The highest BCUT2D eigenvalue weighted by Gasteiger charge is 2.44. The number of rotatable bonds is 3. The normalized spacial score (nSPS) is 16.6. The van der Waals surface area contributed by atoms with Crippen molar-refractivity contribution in [1.29, 1.82) is 0 Å². The Kier molecular flexibility index (Phi) is 3.89. The SMILES string of the molecule is Cc1ccc(S(=O)(=O)N2C(=O)c3ccccc3[C@H]2c2ccccc2)cc1. The summed E-state index contributed by atoms with van der Waals surface area (Å²) in [5, 5.41) is 0. The molecule has 1 atom stereocenters. The Balaban J connectivity index is 1.91. The van der Waals surface area contributed by atoms with Crippen molar-refractivity contribution in [2.75, 3.05) is 0 Å². The van der Waals surface area contributed by atoms with Crippen molar-refractivity contribution in [3.05, 3.63) is 101 Å². The van der Waals surface area contributed by atoms with Crippen molar-refractivity contribution < 1.29 is 13.2 Å². The molecule has 0 aliphatic carbocycles. The first-order valence-corrected chi connectivity index (χ1v) is 9.73. The minimum Gasteiger partial charge on any atom is -0.268 e. The molecule has 4 rings (SSSR count). The quantitative estimate of drug-likeness (QED) is 0.708. The molecule has 0 fully saturated rings. The summed E-state index contributed by atoms with van der Waals surface area (Å²) >= 11 is 0. The Morgan fingerprint density at radius 3 is 2.12 bits per heavy atom. The van der Waals surface area contributed by atoms with E-state index < -0.39 is 22.0 Å². The van der Waals surface area contributed by atoms with Crippen molar-refractivity contribution >= 4 is 15.9 Å². The molecule has 0 N–H and O–H groups in total. The number of sulfonamides is 1. The lowest BCUT2D eigenvalue weighted by atomic mass is 9.99. The number of aryl methyl sites for hydroxylation is 1. The summed E-state index contributed by atoms with van der Waals surface area (Å²) in [6, 6.07) is 22.2. The van der Waals surface area contributed by atoms with Crippen LogP contribution in [0.15, 0.2) is 83.8 Å². The average molecular weight is 363 g/mol. The number of carbonyl (C=O) groups is 1. The van der Waals surface area contributed by atoms with Crippen molar-refractivity contribution in [2.45, 2.75) is 17.9 Å². The van der Waals surface area contributed by atoms with Crippen LogP contribution in [0.5, 0.6) is 0 Å². The standard InChI is InChI=1S/C21H17NO3S/c1-15-11-13-17(14-12-15)26(24,25)22-20(16-7-3-2-4-8-16)18-9-5-6-10-19(18)21(22)23/h2-14,20H,1H3/t20-/m1/s1. The minimum absolute atomic E-state index is 0.116. The fourth-order valence-electron chi connectivity index (χ4n) is 3.31. The van der Waals surface area contributed by atoms with Crippen LogP contribution in [0.2, 0.25) is 0 Å². The van der Waals surface area contributed by atoms with Gasteiger partial charge in [0.05, 0.1) is 10.9 Å².